The van der Waals surface area contributed by atoms with E-state index < -0.39 is 11.7 Å². The van der Waals surface area contributed by atoms with Crippen LogP contribution in [-0.2, 0) is 0 Å². The molecule has 8 heteroatoms. The van der Waals surface area contributed by atoms with Gasteiger partial charge >= 0.3 is 165 Å². The fourth-order valence-corrected chi connectivity index (χ4v) is 2.48. The number of likely N-dealkylation sites (N-methyl/N-ethyl adjacent to an activating group) is 1. The van der Waals surface area contributed by atoms with Gasteiger partial charge in [0.15, 0.2) is 0 Å². The number of aliphatic imine (C=N–C) groups is 1. The molecule has 1 aromatic rings. The van der Waals surface area contributed by atoms with E-state index in [1.807, 2.05) is 19.0 Å². The summed E-state index contributed by atoms with van der Waals surface area (Å²) in [4.78, 5) is 6.11. The van der Waals surface area contributed by atoms with Gasteiger partial charge in [0.2, 0.25) is 0 Å². The third kappa shape index (κ3) is 7.72. The van der Waals surface area contributed by atoms with Gasteiger partial charge in [-0.1, -0.05) is 0 Å². The Kier molecular flexibility index (Phi) is 9.18. The molecule has 0 spiro atoms. The van der Waals surface area contributed by atoms with Crippen LogP contribution in [0.2, 0.25) is 0 Å². The number of hydrogen-bond acceptors (Lipinski definition) is 3. The molecule has 0 aliphatic carbocycles. The third-order valence-corrected chi connectivity index (χ3v) is 3.91. The van der Waals surface area contributed by atoms with Gasteiger partial charge in [-0.2, -0.15) is 0 Å². The van der Waals surface area contributed by atoms with Crippen LogP contribution < -0.4 is 5.73 Å². The van der Waals surface area contributed by atoms with E-state index in [2.05, 4.69) is 4.99 Å². The molecule has 0 saturated carbocycles. The van der Waals surface area contributed by atoms with Gasteiger partial charge in [0, 0.05) is 0 Å². The van der Waals surface area contributed by atoms with Crippen LogP contribution in [0.5, 0.6) is 0 Å². The van der Waals surface area contributed by atoms with E-state index in [4.69, 9.17) is 10.2 Å². The molecule has 0 fully saturated rings. The molecule has 2 N–H and O–H groups in total. The normalized spacial score (nSPS) is 15.2. The fourth-order valence-electron chi connectivity index (χ4n) is 2.48. The summed E-state index contributed by atoms with van der Waals surface area (Å²) in [6, 6.07) is 1.62. The molecule has 0 radical (unpaired) electrons. The quantitative estimate of drug-likeness (QED) is 0.316. The van der Waals surface area contributed by atoms with E-state index in [0.29, 0.717) is 29.0 Å². The van der Waals surface area contributed by atoms with E-state index in [9.17, 15) is 13.2 Å². The van der Waals surface area contributed by atoms with E-state index in [1.54, 1.807) is 32.1 Å². The van der Waals surface area contributed by atoms with E-state index in [0.717, 1.165) is 6.08 Å². The van der Waals surface area contributed by atoms with Crippen LogP contribution in [0.3, 0.4) is 0 Å². The molecule has 1 aromatic heterocycles. The van der Waals surface area contributed by atoms with Gasteiger partial charge in [-0.25, -0.2) is 0 Å². The molecule has 0 saturated heterocycles. The molecule has 1 rings (SSSR count). The molecule has 0 aromatic carbocycles. The summed E-state index contributed by atoms with van der Waals surface area (Å²) in [5.41, 5.74) is 6.89. The van der Waals surface area contributed by atoms with E-state index >= 15 is 0 Å². The second kappa shape index (κ2) is 10.9. The van der Waals surface area contributed by atoms with Crippen LogP contribution in [0.15, 0.2) is 57.3 Å². The number of halogens is 3. The first-order valence-electron chi connectivity index (χ1n) is 8.83. The second-order valence-corrected chi connectivity index (χ2v) is 6.55. The summed E-state index contributed by atoms with van der Waals surface area (Å²) in [5, 5.41) is 0. The molecular formula is C20H27BF3N3O. The summed E-state index contributed by atoms with van der Waals surface area (Å²) in [6.07, 6.45) is 2.83. The molecule has 0 unspecified atom stereocenters. The van der Waals surface area contributed by atoms with E-state index in [-0.39, 0.29) is 12.0 Å². The molecule has 28 heavy (non-hydrogen) atoms. The molecule has 0 aliphatic rings. The average Bonchev–Trinajstić information content (AvgIpc) is 3.11. The van der Waals surface area contributed by atoms with Gasteiger partial charge < -0.3 is 0 Å². The third-order valence-electron chi connectivity index (χ3n) is 3.91. The van der Waals surface area contributed by atoms with Crippen LogP contribution in [0, 0.1) is 0 Å². The Morgan fingerprint density at radius 1 is 1.29 bits per heavy atom. The zero-order chi connectivity index (χ0) is 21.3. The minimum atomic E-state index is -4.50. The van der Waals surface area contributed by atoms with Crippen LogP contribution in [0.4, 0.5) is 13.2 Å². The first kappa shape index (κ1) is 23.7. The van der Waals surface area contributed by atoms with Crippen molar-refractivity contribution in [2.45, 2.75) is 26.9 Å². The SMILES string of the molecule is C\C=C(/B=C(C)\C(=C/C(=C\C)c1ccoc1)C(F)(F)F)CN=C(N)CN(C)C. The van der Waals surface area contributed by atoms with Crippen molar-refractivity contribution in [3.05, 3.63) is 53.4 Å². The first-order valence-corrected chi connectivity index (χ1v) is 8.83. The zero-order valence-corrected chi connectivity index (χ0v) is 17.0. The van der Waals surface area contributed by atoms with Crippen LogP contribution in [0.25, 0.3) is 5.57 Å². The van der Waals surface area contributed by atoms with Gasteiger partial charge in [-0.3, -0.25) is 0 Å². The summed E-state index contributed by atoms with van der Waals surface area (Å²) in [6.45, 7) is 7.09. The molecule has 1 heterocycles. The number of amidine groups is 1. The monoisotopic (exact) mass is 393 g/mol. The van der Waals surface area contributed by atoms with Crippen LogP contribution in [0.1, 0.15) is 26.3 Å². The standard InChI is InChI=1S/C20H27BF3N3O/c1-6-15(16-8-9-28-13-16)10-18(20(22,23)24)14(3)21-17(7-2)11-26-19(25)12-27(4)5/h6-10,13H,11-12H2,1-5H3,(H2,25,26)/b15-6+,17-7-,18-10+. The van der Waals surface area contributed by atoms with Gasteiger partial charge in [0.05, 0.1) is 0 Å². The van der Waals surface area contributed by atoms with Crippen LogP contribution in [-0.4, -0.2) is 56.5 Å². The first-order chi connectivity index (χ1) is 13.1. The number of allylic oxidation sites excluding steroid dienone is 5. The maximum atomic E-state index is 13.7. The van der Waals surface area contributed by atoms with Crippen molar-refractivity contribution in [3.63, 3.8) is 0 Å². The molecular weight excluding hydrogens is 366 g/mol. The van der Waals surface area contributed by atoms with Crippen molar-refractivity contribution in [2.75, 3.05) is 27.2 Å². The van der Waals surface area contributed by atoms with Crippen LogP contribution >= 0.6 is 0 Å². The van der Waals surface area contributed by atoms with Crippen molar-refractivity contribution in [1.29, 1.82) is 0 Å². The molecule has 0 bridgehead atoms. The van der Waals surface area contributed by atoms with Crippen molar-refractivity contribution in [1.82, 2.24) is 4.90 Å². The van der Waals surface area contributed by atoms with Gasteiger partial charge in [0.25, 0.3) is 0 Å². The summed E-state index contributed by atoms with van der Waals surface area (Å²) in [5.74, 6) is 0.429. The number of nitrogens with two attached hydrogens (primary N) is 1. The Labute approximate surface area is 165 Å². The predicted molar refractivity (Wildman–Crippen MR) is 112 cm³/mol. The summed E-state index contributed by atoms with van der Waals surface area (Å²) in [7, 11) is 3.73. The molecule has 0 aliphatic heterocycles. The molecule has 4 nitrogen and oxygen atoms in total. The van der Waals surface area contributed by atoms with Gasteiger partial charge in [-0.05, 0) is 0 Å². The predicted octanol–water partition coefficient (Wildman–Crippen LogP) is 3.89. The zero-order valence-electron chi connectivity index (χ0n) is 17.0. The molecule has 0 amide bonds. The van der Waals surface area contributed by atoms with E-state index in [1.165, 1.54) is 26.4 Å². The summed E-state index contributed by atoms with van der Waals surface area (Å²) >= 11 is 0. The number of nitrogens with zero attached hydrogens (tertiary/aromatic N) is 2. The van der Waals surface area contributed by atoms with Gasteiger partial charge in [-0.15, -0.1) is 0 Å². The average molecular weight is 393 g/mol. The summed E-state index contributed by atoms with van der Waals surface area (Å²) < 4.78 is 46.0. The molecule has 0 atom stereocenters. The second-order valence-electron chi connectivity index (χ2n) is 6.55. The number of hydrogen-bond donors (Lipinski definition) is 1. The Bertz CT molecular complexity index is 786. The maximum absolute atomic E-state index is 13.7. The Morgan fingerprint density at radius 2 is 1.96 bits per heavy atom. The molecule has 152 valence electrons. The Balaban J connectivity index is 3.19. The van der Waals surface area contributed by atoms with Crippen molar-refractivity contribution < 1.29 is 17.6 Å². The fraction of sp³-hybridized carbons (Fsp3) is 0.400. The number of rotatable bonds is 8. The van der Waals surface area contributed by atoms with Crippen molar-refractivity contribution in [3.8, 4) is 0 Å². The number of alkyl halides is 3. The Hall–Kier alpha value is -2.35. The minimum absolute atomic E-state index is 0.102. The number of furan rings is 1. The van der Waals surface area contributed by atoms with Crippen molar-refractivity contribution >= 4 is 23.8 Å². The van der Waals surface area contributed by atoms with Gasteiger partial charge in [0.1, 0.15) is 0 Å². The topological polar surface area (TPSA) is 54.8 Å². The van der Waals surface area contributed by atoms with Crippen molar-refractivity contribution in [2.24, 2.45) is 10.7 Å². The Morgan fingerprint density at radius 3 is 2.43 bits per heavy atom.